The molecular weight excluding hydrogens is 367 g/mol. The summed E-state index contributed by atoms with van der Waals surface area (Å²) < 4.78 is 39.0. The molecule has 0 fully saturated rings. The van der Waals surface area contributed by atoms with Crippen LogP contribution in [-0.2, 0) is 15.7 Å². The zero-order valence-electron chi connectivity index (χ0n) is 15.6. The number of allylic oxidation sites excluding steroid dienone is 3. The normalized spacial score (nSPS) is 12.9. The summed E-state index contributed by atoms with van der Waals surface area (Å²) in [4.78, 5) is 8.46. The van der Waals surface area contributed by atoms with Crippen LogP contribution >= 0.6 is 0 Å². The largest absolute Gasteiger partial charge is 0.299 e. The number of primary sulfonamides is 1. The highest BCUT2D eigenvalue weighted by Crippen LogP contribution is 2.28. The highest BCUT2D eigenvalue weighted by atomic mass is 32.2. The predicted octanol–water partition coefficient (Wildman–Crippen LogP) is 3.38. The minimum absolute atomic E-state index is 0.00606. The van der Waals surface area contributed by atoms with Gasteiger partial charge in [0.1, 0.15) is 11.5 Å². The van der Waals surface area contributed by atoms with Gasteiger partial charge in [-0.25, -0.2) is 22.9 Å². The number of imidazole rings is 1. The van der Waals surface area contributed by atoms with Crippen molar-refractivity contribution in [2.75, 3.05) is 6.54 Å². The van der Waals surface area contributed by atoms with Gasteiger partial charge in [0.15, 0.2) is 0 Å². The van der Waals surface area contributed by atoms with E-state index in [9.17, 15) is 12.8 Å². The van der Waals surface area contributed by atoms with Gasteiger partial charge in [-0.3, -0.25) is 9.56 Å². The van der Waals surface area contributed by atoms with Crippen molar-refractivity contribution in [1.82, 2.24) is 9.55 Å². The van der Waals surface area contributed by atoms with Gasteiger partial charge < -0.3 is 0 Å². The van der Waals surface area contributed by atoms with E-state index in [1.807, 2.05) is 6.92 Å². The molecule has 0 saturated carbocycles. The van der Waals surface area contributed by atoms with Crippen molar-refractivity contribution >= 4 is 21.8 Å². The molecule has 1 heterocycles. The van der Waals surface area contributed by atoms with Crippen molar-refractivity contribution in [3.05, 3.63) is 60.7 Å². The number of halogens is 1. The van der Waals surface area contributed by atoms with Gasteiger partial charge in [-0.1, -0.05) is 12.7 Å². The lowest BCUT2D eigenvalue weighted by Gasteiger charge is -2.09. The van der Waals surface area contributed by atoms with Crippen LogP contribution in [0.15, 0.2) is 59.1 Å². The molecule has 2 N–H and O–H groups in total. The van der Waals surface area contributed by atoms with Crippen LogP contribution in [0.5, 0.6) is 0 Å². The van der Waals surface area contributed by atoms with Crippen molar-refractivity contribution in [2.45, 2.75) is 31.3 Å². The molecule has 0 unspecified atom stereocenters. The molecule has 0 aliphatic heterocycles. The van der Waals surface area contributed by atoms with Gasteiger partial charge in [0.25, 0.3) is 0 Å². The molecule has 8 heteroatoms. The van der Waals surface area contributed by atoms with Crippen molar-refractivity contribution in [1.29, 1.82) is 0 Å². The molecule has 2 aromatic rings. The van der Waals surface area contributed by atoms with Crippen LogP contribution in [0, 0.1) is 0 Å². The number of alkyl halides is 1. The van der Waals surface area contributed by atoms with Crippen LogP contribution in [0.2, 0.25) is 0 Å². The van der Waals surface area contributed by atoms with Crippen molar-refractivity contribution in [3.8, 4) is 5.69 Å². The maximum atomic E-state index is 14.4. The molecule has 0 aliphatic rings. The van der Waals surface area contributed by atoms with Gasteiger partial charge in [-0.05, 0) is 51.1 Å². The summed E-state index contributed by atoms with van der Waals surface area (Å²) in [5.74, 6) is 0.445. The summed E-state index contributed by atoms with van der Waals surface area (Å²) in [6.45, 7) is 9.42. The first-order valence-electron chi connectivity index (χ1n) is 8.32. The van der Waals surface area contributed by atoms with Crippen LogP contribution in [-0.4, -0.2) is 30.7 Å². The lowest BCUT2D eigenvalue weighted by molar-refractivity contribution is 0.215. The first-order chi connectivity index (χ1) is 12.5. The monoisotopic (exact) mass is 390 g/mol. The number of hydrogen-bond acceptors (Lipinski definition) is 4. The summed E-state index contributed by atoms with van der Waals surface area (Å²) in [5, 5.41) is 5.13. The van der Waals surface area contributed by atoms with Gasteiger partial charge in [0.2, 0.25) is 10.0 Å². The Hall–Kier alpha value is -2.58. The highest BCUT2D eigenvalue weighted by Gasteiger charge is 2.25. The minimum atomic E-state index is -3.79. The third kappa shape index (κ3) is 5.21. The van der Waals surface area contributed by atoms with Gasteiger partial charge >= 0.3 is 0 Å². The Labute approximate surface area is 159 Å². The highest BCUT2D eigenvalue weighted by molar-refractivity contribution is 7.89. The van der Waals surface area contributed by atoms with Crippen LogP contribution in [0.4, 0.5) is 4.39 Å². The van der Waals surface area contributed by atoms with Gasteiger partial charge in [-0.2, -0.15) is 0 Å². The Morgan fingerprint density at radius 1 is 1.37 bits per heavy atom. The number of nitrogens with two attached hydrogens (primary N) is 1. The fourth-order valence-electron chi connectivity index (χ4n) is 2.29. The van der Waals surface area contributed by atoms with E-state index in [1.165, 1.54) is 26.0 Å². The second-order valence-corrected chi connectivity index (χ2v) is 7.92. The zero-order valence-corrected chi connectivity index (χ0v) is 16.4. The molecule has 0 atom stereocenters. The van der Waals surface area contributed by atoms with Gasteiger partial charge in [0, 0.05) is 30.2 Å². The lowest BCUT2D eigenvalue weighted by Crippen LogP contribution is -2.12. The Morgan fingerprint density at radius 3 is 2.52 bits per heavy atom. The average molecular weight is 390 g/mol. The van der Waals surface area contributed by atoms with Gasteiger partial charge in [-0.15, -0.1) is 0 Å². The molecule has 1 aromatic heterocycles. The number of aromatic nitrogens is 2. The fraction of sp³-hybridized carbons (Fsp3) is 0.263. The summed E-state index contributed by atoms with van der Waals surface area (Å²) in [5.41, 5.74) is -0.237. The Bertz CT molecular complexity index is 982. The summed E-state index contributed by atoms with van der Waals surface area (Å²) in [7, 11) is -3.79. The van der Waals surface area contributed by atoms with E-state index in [-0.39, 0.29) is 10.6 Å². The Kier molecular flexibility index (Phi) is 6.12. The molecule has 6 nitrogen and oxygen atoms in total. The molecule has 0 saturated heterocycles. The summed E-state index contributed by atoms with van der Waals surface area (Å²) >= 11 is 0. The second kappa shape index (κ2) is 7.98. The molecule has 1 aromatic carbocycles. The van der Waals surface area contributed by atoms with Crippen molar-refractivity contribution in [3.63, 3.8) is 0 Å². The Morgan fingerprint density at radius 2 is 2.00 bits per heavy atom. The lowest BCUT2D eigenvalue weighted by atomic mass is 10.1. The van der Waals surface area contributed by atoms with Crippen LogP contribution in [0.1, 0.15) is 32.3 Å². The molecule has 0 radical (unpaired) electrons. The van der Waals surface area contributed by atoms with E-state index in [2.05, 4.69) is 16.6 Å². The standard InChI is InChI=1S/C19H23FN4O2S/c1-5-22-12-6-7-14(2)18-23-17(19(3,4)20)13-24(18)15-8-10-16(11-9-15)27(21,25)26/h6-13H,2,5H2,1,3-4H3,(H2,21,25,26)/b7-6-,22-12?. The van der Waals surface area contributed by atoms with Crippen LogP contribution in [0.25, 0.3) is 11.3 Å². The SMILES string of the molecule is C=C(/C=C\C=NCC)c1nc(C(C)(C)F)cn1-c1ccc(S(N)(=O)=O)cc1. The van der Waals surface area contributed by atoms with Gasteiger partial charge in [0.05, 0.1) is 10.6 Å². The first kappa shape index (κ1) is 20.7. The second-order valence-electron chi connectivity index (χ2n) is 6.36. The molecule has 2 rings (SSSR count). The number of rotatable bonds is 7. The quantitative estimate of drug-likeness (QED) is 0.580. The number of benzene rings is 1. The topological polar surface area (TPSA) is 90.3 Å². The van der Waals surface area contributed by atoms with E-state index in [0.29, 0.717) is 23.6 Å². The van der Waals surface area contributed by atoms with Crippen LogP contribution < -0.4 is 5.14 Å². The fourth-order valence-corrected chi connectivity index (χ4v) is 2.80. The number of nitrogens with zero attached hydrogens (tertiary/aromatic N) is 3. The van der Waals surface area contributed by atoms with Crippen molar-refractivity contribution in [2.24, 2.45) is 10.1 Å². The summed E-state index contributed by atoms with van der Waals surface area (Å²) in [6.07, 6.45) is 6.68. The number of hydrogen-bond donors (Lipinski definition) is 1. The van der Waals surface area contributed by atoms with E-state index in [0.717, 1.165) is 0 Å². The van der Waals surface area contributed by atoms with E-state index < -0.39 is 15.7 Å². The van der Waals surface area contributed by atoms with E-state index in [4.69, 9.17) is 5.14 Å². The summed E-state index contributed by atoms with van der Waals surface area (Å²) in [6, 6.07) is 5.94. The minimum Gasteiger partial charge on any atom is -0.299 e. The van der Waals surface area contributed by atoms with Crippen LogP contribution in [0.3, 0.4) is 0 Å². The molecule has 0 aliphatic carbocycles. The smallest absolute Gasteiger partial charge is 0.238 e. The molecule has 144 valence electrons. The molecule has 0 spiro atoms. The molecular formula is C19H23FN4O2S. The van der Waals surface area contributed by atoms with E-state index >= 15 is 0 Å². The maximum Gasteiger partial charge on any atom is 0.238 e. The maximum absolute atomic E-state index is 14.4. The molecule has 0 bridgehead atoms. The molecule has 0 amide bonds. The predicted molar refractivity (Wildman–Crippen MR) is 106 cm³/mol. The average Bonchev–Trinajstić information content (AvgIpc) is 3.03. The number of sulfonamides is 1. The Balaban J connectivity index is 2.51. The number of aliphatic imine (C=N–C) groups is 1. The first-order valence-corrected chi connectivity index (χ1v) is 9.86. The molecule has 27 heavy (non-hydrogen) atoms. The third-order valence-electron chi connectivity index (χ3n) is 3.72. The zero-order chi connectivity index (χ0) is 20.2. The third-order valence-corrected chi connectivity index (χ3v) is 4.65. The van der Waals surface area contributed by atoms with E-state index in [1.54, 1.807) is 41.3 Å². The van der Waals surface area contributed by atoms with Crippen molar-refractivity contribution < 1.29 is 12.8 Å².